The number of carbonyl (C=O) groups excluding carboxylic acids is 3. The highest BCUT2D eigenvalue weighted by atomic mass is 79.9. The van der Waals surface area contributed by atoms with E-state index >= 15 is 0 Å². The van der Waals surface area contributed by atoms with Crippen molar-refractivity contribution in [3.63, 3.8) is 0 Å². The van der Waals surface area contributed by atoms with Gasteiger partial charge in [0.05, 0.1) is 6.10 Å². The highest BCUT2D eigenvalue weighted by Crippen LogP contribution is 2.28. The number of hydrogen-bond acceptors (Lipinski definition) is 4. The molecule has 6 nitrogen and oxygen atoms in total. The Balaban J connectivity index is 0.00000216. The number of ketones is 1. The fourth-order valence-electron chi connectivity index (χ4n) is 4.46. The first-order valence-electron chi connectivity index (χ1n) is 11.2. The molecule has 3 atom stereocenters. The zero-order valence-electron chi connectivity index (χ0n) is 20.1. The van der Waals surface area contributed by atoms with Gasteiger partial charge in [-0.1, -0.05) is 68.4 Å². The van der Waals surface area contributed by atoms with Crippen molar-refractivity contribution in [2.75, 3.05) is 13.2 Å². The van der Waals surface area contributed by atoms with Gasteiger partial charge in [-0.2, -0.15) is 27.0 Å². The van der Waals surface area contributed by atoms with Gasteiger partial charge in [0.25, 0.3) is 5.91 Å². The smallest absolute Gasteiger partial charge is 0.251 e. The van der Waals surface area contributed by atoms with Crippen molar-refractivity contribution in [1.29, 1.82) is 0 Å². The number of hydrogen-bond donors (Lipinski definition) is 1. The zero-order chi connectivity index (χ0) is 23.8. The van der Waals surface area contributed by atoms with Crippen molar-refractivity contribution < 1.29 is 19.1 Å². The lowest BCUT2D eigenvalue weighted by molar-refractivity contribution is -0.138. The van der Waals surface area contributed by atoms with Crippen molar-refractivity contribution in [2.45, 2.75) is 64.6 Å². The van der Waals surface area contributed by atoms with E-state index < -0.39 is 12.1 Å². The lowest BCUT2D eigenvalue weighted by Gasteiger charge is -2.28. The third-order valence-electron chi connectivity index (χ3n) is 6.36. The molecule has 9 heteroatoms. The Morgan fingerprint density at radius 1 is 1.08 bits per heavy atom. The van der Waals surface area contributed by atoms with Crippen LogP contribution in [0.15, 0.2) is 53.0 Å². The molecule has 2 aromatic rings. The SMILES string of the molecule is C.CC(C)(C)c1ccc(C(=O)N[C@@H](Cc2ccc(Br)cc2)C(=O)N2CC[C@H]3OCC(=O)[C@H]32)cc1.S.S. The van der Waals surface area contributed by atoms with Crippen molar-refractivity contribution in [3.05, 3.63) is 69.7 Å². The number of ether oxygens (including phenoxy) is 1. The summed E-state index contributed by atoms with van der Waals surface area (Å²) < 4.78 is 6.47. The van der Waals surface area contributed by atoms with E-state index in [1.807, 2.05) is 36.4 Å². The molecule has 1 N–H and O–H groups in total. The number of amides is 2. The highest BCUT2D eigenvalue weighted by Gasteiger charge is 2.48. The van der Waals surface area contributed by atoms with Crippen LogP contribution >= 0.6 is 42.9 Å². The number of nitrogens with one attached hydrogen (secondary N) is 1. The van der Waals surface area contributed by atoms with E-state index in [9.17, 15) is 14.4 Å². The molecule has 2 amide bonds. The number of carbonyl (C=O) groups is 3. The Hall–Kier alpha value is -1.81. The summed E-state index contributed by atoms with van der Waals surface area (Å²) in [6.07, 6.45) is 0.728. The Bertz CT molecular complexity index is 1050. The second-order valence-corrected chi connectivity index (χ2v) is 10.7. The van der Waals surface area contributed by atoms with Gasteiger partial charge in [-0.05, 0) is 47.2 Å². The minimum Gasteiger partial charge on any atom is -0.368 e. The molecule has 0 bridgehead atoms. The Morgan fingerprint density at radius 2 is 1.69 bits per heavy atom. The average molecular weight is 598 g/mol. The molecule has 0 spiro atoms. The predicted molar refractivity (Wildman–Crippen MR) is 157 cm³/mol. The first kappa shape index (κ1) is 32.2. The third kappa shape index (κ3) is 7.15. The van der Waals surface area contributed by atoms with E-state index in [0.29, 0.717) is 24.9 Å². The molecular weight excluding hydrogens is 560 g/mol. The molecule has 4 rings (SSSR count). The van der Waals surface area contributed by atoms with Gasteiger partial charge in [0.2, 0.25) is 5.91 Å². The van der Waals surface area contributed by atoms with Crippen LogP contribution in [0.1, 0.15) is 56.1 Å². The van der Waals surface area contributed by atoms with Crippen LogP contribution in [0.3, 0.4) is 0 Å². The summed E-state index contributed by atoms with van der Waals surface area (Å²) in [6.45, 7) is 6.85. The molecule has 0 unspecified atom stereocenters. The van der Waals surface area contributed by atoms with Crippen LogP contribution in [0.2, 0.25) is 0 Å². The van der Waals surface area contributed by atoms with E-state index in [1.54, 1.807) is 17.0 Å². The first-order valence-corrected chi connectivity index (χ1v) is 12.0. The van der Waals surface area contributed by atoms with E-state index in [4.69, 9.17) is 4.74 Å². The summed E-state index contributed by atoms with van der Waals surface area (Å²) in [5.74, 6) is -0.628. The molecule has 2 aliphatic rings. The molecule has 0 radical (unpaired) electrons. The number of benzene rings is 2. The van der Waals surface area contributed by atoms with Crippen LogP contribution in [-0.2, 0) is 26.2 Å². The number of likely N-dealkylation sites (tertiary alicyclic amines) is 1. The molecule has 36 heavy (non-hydrogen) atoms. The van der Waals surface area contributed by atoms with Crippen LogP contribution < -0.4 is 5.32 Å². The van der Waals surface area contributed by atoms with Crippen molar-refractivity contribution in [2.24, 2.45) is 0 Å². The third-order valence-corrected chi connectivity index (χ3v) is 6.89. The Kier molecular flexibility index (Phi) is 11.7. The predicted octanol–water partition coefficient (Wildman–Crippen LogP) is 4.52. The zero-order valence-corrected chi connectivity index (χ0v) is 23.7. The normalized spacial score (nSPS) is 19.3. The van der Waals surface area contributed by atoms with Crippen LogP contribution in [0, 0.1) is 0 Å². The summed E-state index contributed by atoms with van der Waals surface area (Å²) in [5, 5.41) is 2.93. The summed E-state index contributed by atoms with van der Waals surface area (Å²) in [7, 11) is 0. The van der Waals surface area contributed by atoms with Crippen LogP contribution in [0.5, 0.6) is 0 Å². The van der Waals surface area contributed by atoms with Gasteiger partial charge in [-0.15, -0.1) is 0 Å². The molecule has 2 saturated heterocycles. The number of fused-ring (bicyclic) bond motifs is 1. The highest BCUT2D eigenvalue weighted by molar-refractivity contribution is 9.10. The standard InChI is InChI=1S/C26H29BrN2O4.CH4.2H2S/c1-26(2,3)18-8-6-17(7-9-18)24(31)28-20(14-16-4-10-19(27)11-5-16)25(32)29-13-12-22-23(29)21(30)15-33-22;;;/h4-11,20,22-23H,12-15H2,1-3H3,(H,28,31);1H4;2*1H2/t20-,22+,23+;;;/m0.../s1. The van der Waals surface area contributed by atoms with Gasteiger partial charge in [0.15, 0.2) is 5.78 Å². The maximum Gasteiger partial charge on any atom is 0.251 e. The molecule has 0 aliphatic carbocycles. The quantitative estimate of drug-likeness (QED) is 0.550. The van der Waals surface area contributed by atoms with E-state index in [-0.39, 0.29) is 70.1 Å². The van der Waals surface area contributed by atoms with Crippen molar-refractivity contribution in [1.82, 2.24) is 10.2 Å². The second-order valence-electron chi connectivity index (χ2n) is 9.76. The molecule has 2 fully saturated rings. The number of Topliss-reactive ketones (excluding diaryl/α,β-unsaturated/α-hetero) is 1. The number of nitrogens with zero attached hydrogens (tertiary/aromatic N) is 1. The van der Waals surface area contributed by atoms with Crippen LogP contribution in [-0.4, -0.2) is 53.8 Å². The van der Waals surface area contributed by atoms with Gasteiger partial charge in [-0.25, -0.2) is 0 Å². The van der Waals surface area contributed by atoms with Crippen molar-refractivity contribution in [3.8, 4) is 0 Å². The van der Waals surface area contributed by atoms with Crippen LogP contribution in [0.4, 0.5) is 0 Å². The van der Waals surface area contributed by atoms with E-state index in [1.165, 1.54) is 0 Å². The van der Waals surface area contributed by atoms with Gasteiger partial charge >= 0.3 is 0 Å². The monoisotopic (exact) mass is 596 g/mol. The maximum atomic E-state index is 13.6. The van der Waals surface area contributed by atoms with E-state index in [2.05, 4.69) is 42.0 Å². The van der Waals surface area contributed by atoms with Gasteiger partial charge in [-0.3, -0.25) is 14.4 Å². The first-order chi connectivity index (χ1) is 15.6. The van der Waals surface area contributed by atoms with E-state index in [0.717, 1.165) is 15.6 Å². The average Bonchev–Trinajstić information content (AvgIpc) is 3.37. The Labute approximate surface area is 236 Å². The minimum atomic E-state index is -0.784. The minimum absolute atomic E-state index is 0. The topological polar surface area (TPSA) is 75.7 Å². The maximum absolute atomic E-state index is 13.6. The lowest BCUT2D eigenvalue weighted by Crippen LogP contribution is -2.53. The summed E-state index contributed by atoms with van der Waals surface area (Å²) in [4.78, 5) is 40.6. The molecule has 198 valence electrons. The van der Waals surface area contributed by atoms with Gasteiger partial charge in [0, 0.05) is 23.0 Å². The van der Waals surface area contributed by atoms with Gasteiger partial charge < -0.3 is 15.0 Å². The molecule has 0 saturated carbocycles. The number of rotatable bonds is 5. The molecule has 0 aromatic heterocycles. The fraction of sp³-hybridized carbons (Fsp3) is 0.444. The lowest BCUT2D eigenvalue weighted by atomic mass is 9.86. The fourth-order valence-corrected chi connectivity index (χ4v) is 4.73. The Morgan fingerprint density at radius 3 is 2.28 bits per heavy atom. The summed E-state index contributed by atoms with van der Waals surface area (Å²) in [6, 6.07) is 13.8. The molecule has 2 aliphatic heterocycles. The molecular formula is C27H37BrN2O4S2. The second kappa shape index (κ2) is 13.1. The summed E-state index contributed by atoms with van der Waals surface area (Å²) >= 11 is 3.43. The van der Waals surface area contributed by atoms with Gasteiger partial charge in [0.1, 0.15) is 18.7 Å². The molecule has 2 heterocycles. The largest absolute Gasteiger partial charge is 0.368 e. The van der Waals surface area contributed by atoms with Crippen LogP contribution in [0.25, 0.3) is 0 Å². The van der Waals surface area contributed by atoms with Crippen molar-refractivity contribution >= 4 is 60.5 Å². The number of halogens is 1. The summed E-state index contributed by atoms with van der Waals surface area (Å²) in [5.41, 5.74) is 2.53. The molecule has 2 aromatic carbocycles.